The Morgan fingerprint density at radius 2 is 2.11 bits per heavy atom. The van der Waals surface area contributed by atoms with Gasteiger partial charge < -0.3 is 4.74 Å². The van der Waals surface area contributed by atoms with Crippen molar-refractivity contribution in [2.45, 2.75) is 6.92 Å². The zero-order valence-corrected chi connectivity index (χ0v) is 6.28. The molecule has 0 aliphatic heterocycles. The molecule has 0 amide bonds. The van der Waals surface area contributed by atoms with E-state index in [2.05, 4.69) is 11.8 Å². The molecule has 4 heteroatoms. The molecule has 0 N–H and O–H groups in total. The highest BCUT2D eigenvalue weighted by molar-refractivity contribution is 7.91. The summed E-state index contributed by atoms with van der Waals surface area (Å²) < 4.78 is 25.7. The topological polar surface area (TPSA) is 43.4 Å². The smallest absolute Gasteiger partial charge is 0.152 e. The van der Waals surface area contributed by atoms with Crippen LogP contribution in [-0.4, -0.2) is 26.5 Å². The maximum Gasteiger partial charge on any atom is 0.152 e. The van der Waals surface area contributed by atoms with Crippen LogP contribution in [0.2, 0.25) is 0 Å². The van der Waals surface area contributed by atoms with E-state index < -0.39 is 9.84 Å². The van der Waals surface area contributed by atoms with Gasteiger partial charge in [0.15, 0.2) is 9.84 Å². The van der Waals surface area contributed by atoms with Crippen molar-refractivity contribution in [3.8, 4) is 0 Å². The average molecular weight is 151 g/mol. The molecule has 0 heterocycles. The highest BCUT2D eigenvalue weighted by Gasteiger charge is 2.04. The molecule has 3 nitrogen and oxygen atoms in total. The van der Waals surface area contributed by atoms with Crippen molar-refractivity contribution in [2.24, 2.45) is 0 Å². The van der Waals surface area contributed by atoms with Gasteiger partial charge in [-0.25, -0.2) is 8.42 Å². The fraction of sp³-hybridized carbons (Fsp3) is 0.800. The largest absolute Gasteiger partial charge is 0.378 e. The average Bonchev–Trinajstić information content (AvgIpc) is 1.84. The fourth-order valence-electron chi connectivity index (χ4n) is 0.330. The van der Waals surface area contributed by atoms with Crippen LogP contribution in [0.25, 0.3) is 0 Å². The highest BCUT2D eigenvalue weighted by atomic mass is 32.2. The van der Waals surface area contributed by atoms with E-state index in [9.17, 15) is 8.42 Å². The quantitative estimate of drug-likeness (QED) is 0.577. The van der Waals surface area contributed by atoms with Crippen LogP contribution in [0.3, 0.4) is 0 Å². The first kappa shape index (κ1) is 8.91. The zero-order chi connectivity index (χ0) is 7.33. The molecule has 0 fully saturated rings. The van der Waals surface area contributed by atoms with Crippen molar-refractivity contribution in [3.05, 3.63) is 7.11 Å². The van der Waals surface area contributed by atoms with Gasteiger partial charge in [0, 0.05) is 5.75 Å². The lowest BCUT2D eigenvalue weighted by molar-refractivity contribution is 0.263. The number of rotatable bonds is 4. The second kappa shape index (κ2) is 3.85. The molecule has 1 radical (unpaired) electrons. The Labute approximate surface area is 55.9 Å². The zero-order valence-electron chi connectivity index (χ0n) is 5.46. The van der Waals surface area contributed by atoms with Crippen LogP contribution >= 0.6 is 0 Å². The highest BCUT2D eigenvalue weighted by Crippen LogP contribution is 1.87. The standard InChI is InChI=1S/C5H11O3S/c1-3-9(6,7)5-4-8-2/h2-5H2,1H3. The Hall–Kier alpha value is -0.0900. The molecular weight excluding hydrogens is 140 g/mol. The van der Waals surface area contributed by atoms with Gasteiger partial charge in [-0.3, -0.25) is 0 Å². The molecule has 0 spiro atoms. The van der Waals surface area contributed by atoms with Crippen molar-refractivity contribution < 1.29 is 13.2 Å². The molecule has 0 aromatic heterocycles. The molecule has 0 bridgehead atoms. The van der Waals surface area contributed by atoms with E-state index in [1.807, 2.05) is 0 Å². The Morgan fingerprint density at radius 1 is 1.56 bits per heavy atom. The minimum Gasteiger partial charge on any atom is -0.378 e. The number of sulfone groups is 1. The predicted molar refractivity (Wildman–Crippen MR) is 35.6 cm³/mol. The van der Waals surface area contributed by atoms with Gasteiger partial charge in [0.1, 0.15) is 0 Å². The van der Waals surface area contributed by atoms with Crippen LogP contribution in [-0.2, 0) is 14.6 Å². The first-order valence-electron chi connectivity index (χ1n) is 2.70. The molecule has 0 rings (SSSR count). The van der Waals surface area contributed by atoms with E-state index in [-0.39, 0.29) is 18.1 Å². The van der Waals surface area contributed by atoms with Gasteiger partial charge in [-0.2, -0.15) is 0 Å². The number of hydrogen-bond donors (Lipinski definition) is 0. The maximum absolute atomic E-state index is 10.7. The van der Waals surface area contributed by atoms with Crippen LogP contribution < -0.4 is 0 Å². The second-order valence-electron chi connectivity index (χ2n) is 1.64. The molecule has 0 atom stereocenters. The van der Waals surface area contributed by atoms with E-state index in [0.29, 0.717) is 0 Å². The minimum atomic E-state index is -2.85. The monoisotopic (exact) mass is 151 g/mol. The molecule has 0 aliphatic rings. The lowest BCUT2D eigenvalue weighted by Crippen LogP contribution is -2.12. The summed E-state index contributed by atoms with van der Waals surface area (Å²) in [7, 11) is 0.212. The normalized spacial score (nSPS) is 11.8. The molecular formula is C5H11O3S. The van der Waals surface area contributed by atoms with Crippen molar-refractivity contribution in [1.29, 1.82) is 0 Å². The van der Waals surface area contributed by atoms with Crippen LogP contribution in [0.5, 0.6) is 0 Å². The number of ether oxygens (including phenoxy) is 1. The van der Waals surface area contributed by atoms with Crippen molar-refractivity contribution in [3.63, 3.8) is 0 Å². The van der Waals surface area contributed by atoms with E-state index in [1.165, 1.54) is 0 Å². The maximum atomic E-state index is 10.7. The van der Waals surface area contributed by atoms with Gasteiger partial charge in [-0.05, 0) is 0 Å². The van der Waals surface area contributed by atoms with Gasteiger partial charge in [0.05, 0.1) is 19.5 Å². The van der Waals surface area contributed by atoms with Crippen LogP contribution in [0, 0.1) is 7.11 Å². The molecule has 0 aromatic carbocycles. The van der Waals surface area contributed by atoms with Gasteiger partial charge in [0.25, 0.3) is 0 Å². The van der Waals surface area contributed by atoms with Gasteiger partial charge in [-0.1, -0.05) is 6.92 Å². The van der Waals surface area contributed by atoms with E-state index in [4.69, 9.17) is 0 Å². The molecule has 9 heavy (non-hydrogen) atoms. The minimum absolute atomic E-state index is 0.0764. The van der Waals surface area contributed by atoms with Crippen molar-refractivity contribution >= 4 is 9.84 Å². The third-order valence-electron chi connectivity index (χ3n) is 0.979. The van der Waals surface area contributed by atoms with Crippen molar-refractivity contribution in [2.75, 3.05) is 18.1 Å². The van der Waals surface area contributed by atoms with Crippen molar-refractivity contribution in [1.82, 2.24) is 0 Å². The lowest BCUT2D eigenvalue weighted by Gasteiger charge is -1.97. The molecule has 0 aromatic rings. The summed E-state index contributed by atoms with van der Waals surface area (Å²) >= 11 is 0. The SMILES string of the molecule is [CH2]OCCS(=O)(=O)CC. The third kappa shape index (κ3) is 4.42. The summed E-state index contributed by atoms with van der Waals surface area (Å²) in [6.07, 6.45) is 0. The Morgan fingerprint density at radius 3 is 2.44 bits per heavy atom. The van der Waals surface area contributed by atoms with Crippen LogP contribution in [0.4, 0.5) is 0 Å². The Balaban J connectivity index is 3.61. The van der Waals surface area contributed by atoms with E-state index >= 15 is 0 Å². The first-order valence-corrected chi connectivity index (χ1v) is 4.52. The summed E-state index contributed by atoms with van der Waals surface area (Å²) in [4.78, 5) is 0. The fourth-order valence-corrected chi connectivity index (χ4v) is 0.991. The number of hydrogen-bond acceptors (Lipinski definition) is 3. The van der Waals surface area contributed by atoms with E-state index in [1.54, 1.807) is 6.92 Å². The molecule has 55 valence electrons. The van der Waals surface area contributed by atoms with Gasteiger partial charge in [-0.15, -0.1) is 0 Å². The summed E-state index contributed by atoms with van der Waals surface area (Å²) in [5.74, 6) is 0.253. The van der Waals surface area contributed by atoms with Crippen LogP contribution in [0.1, 0.15) is 6.92 Å². The summed E-state index contributed by atoms with van der Waals surface area (Å²) in [6.45, 7) is 1.80. The van der Waals surface area contributed by atoms with E-state index in [0.717, 1.165) is 0 Å². The first-order chi connectivity index (χ1) is 4.12. The second-order valence-corrected chi connectivity index (χ2v) is 4.12. The Kier molecular flexibility index (Phi) is 3.81. The predicted octanol–water partition coefficient (Wildman–Crippen LogP) is 0.229. The Bertz CT molecular complexity index is 148. The van der Waals surface area contributed by atoms with Crippen LogP contribution in [0.15, 0.2) is 0 Å². The van der Waals surface area contributed by atoms with Gasteiger partial charge in [0.2, 0.25) is 0 Å². The third-order valence-corrected chi connectivity index (χ3v) is 2.65. The van der Waals surface area contributed by atoms with Gasteiger partial charge >= 0.3 is 0 Å². The summed E-state index contributed by atoms with van der Waals surface area (Å²) in [6, 6.07) is 0. The summed E-state index contributed by atoms with van der Waals surface area (Å²) in [5, 5.41) is 0. The lowest BCUT2D eigenvalue weighted by atomic mass is 10.9. The molecule has 0 aliphatic carbocycles. The molecule has 0 saturated carbocycles. The molecule has 0 saturated heterocycles. The molecule has 0 unspecified atom stereocenters. The summed E-state index contributed by atoms with van der Waals surface area (Å²) in [5.41, 5.74) is 0.